The first-order valence-corrected chi connectivity index (χ1v) is 23.2. The van der Waals surface area contributed by atoms with Crippen molar-refractivity contribution in [2.24, 2.45) is 53.3 Å². The Morgan fingerprint density at radius 1 is 0.517 bits per heavy atom. The van der Waals surface area contributed by atoms with Gasteiger partial charge in [-0.3, -0.25) is 9.59 Å². The number of amides is 2. The van der Waals surface area contributed by atoms with Crippen LogP contribution in [0, 0.1) is 53.3 Å². The molecule has 58 heavy (non-hydrogen) atoms. The molecule has 0 saturated carbocycles. The Morgan fingerprint density at radius 2 is 1.00 bits per heavy atom. The molecule has 2 aromatic rings. The maximum atomic E-state index is 11.1. The second-order valence-electron chi connectivity index (χ2n) is 20.0. The van der Waals surface area contributed by atoms with Gasteiger partial charge in [0, 0.05) is 90.5 Å². The third-order valence-electron chi connectivity index (χ3n) is 13.8. The number of fused-ring (bicyclic) bond motifs is 1. The summed E-state index contributed by atoms with van der Waals surface area (Å²) >= 11 is 0. The number of carbonyl (C=O) groups excluding carboxylic acids is 2. The summed E-state index contributed by atoms with van der Waals surface area (Å²) < 4.78 is 0. The molecule has 4 fully saturated rings. The predicted molar refractivity (Wildman–Crippen MR) is 250 cm³/mol. The zero-order valence-corrected chi connectivity index (χ0v) is 39.7. The van der Waals surface area contributed by atoms with Crippen molar-refractivity contribution in [3.8, 4) is 0 Å². The summed E-state index contributed by atoms with van der Waals surface area (Å²) in [5.41, 5.74) is 4.32. The largest absolute Gasteiger partial charge is 0.374 e. The molecule has 7 nitrogen and oxygen atoms in total. The predicted octanol–water partition coefficient (Wildman–Crippen LogP) is 10.7. The average Bonchev–Trinajstić information content (AvgIpc) is 3.92. The van der Waals surface area contributed by atoms with E-state index in [1.165, 1.54) is 75.3 Å². The lowest BCUT2D eigenvalue weighted by molar-refractivity contribution is -0.131. The highest BCUT2D eigenvalue weighted by Crippen LogP contribution is 2.39. The number of likely N-dealkylation sites (tertiary alicyclic amines) is 3. The van der Waals surface area contributed by atoms with Crippen LogP contribution in [0.3, 0.4) is 0 Å². The van der Waals surface area contributed by atoms with E-state index in [4.69, 9.17) is 0 Å². The molecular formula is C51H87N5O2. The molecule has 7 rings (SSSR count). The van der Waals surface area contributed by atoms with Crippen LogP contribution in [0.25, 0.3) is 0 Å². The molecule has 4 saturated heterocycles. The van der Waals surface area contributed by atoms with E-state index >= 15 is 0 Å². The van der Waals surface area contributed by atoms with E-state index in [2.05, 4.69) is 153 Å². The number of piperidine rings is 1. The number of rotatable bonds is 6. The van der Waals surface area contributed by atoms with Gasteiger partial charge in [-0.05, 0) is 116 Å². The zero-order valence-electron chi connectivity index (χ0n) is 39.7. The number of hydrogen-bond acceptors (Lipinski definition) is 5. The van der Waals surface area contributed by atoms with Gasteiger partial charge in [-0.1, -0.05) is 106 Å². The Kier molecular flexibility index (Phi) is 20.6. The summed E-state index contributed by atoms with van der Waals surface area (Å²) in [6, 6.07) is 19.4. The first kappa shape index (κ1) is 49.3. The highest BCUT2D eigenvalue weighted by Gasteiger charge is 2.30. The van der Waals surface area contributed by atoms with Crippen molar-refractivity contribution in [2.75, 3.05) is 82.8 Å². The molecule has 2 aromatic carbocycles. The van der Waals surface area contributed by atoms with Gasteiger partial charge in [-0.2, -0.15) is 0 Å². The lowest BCUT2D eigenvalue weighted by Crippen LogP contribution is -2.49. The number of nitrogens with zero attached hydrogens (tertiary/aromatic N) is 5. The summed E-state index contributed by atoms with van der Waals surface area (Å²) in [5, 5.41) is 0. The molecule has 4 unspecified atom stereocenters. The molecule has 328 valence electrons. The van der Waals surface area contributed by atoms with Crippen LogP contribution < -0.4 is 9.80 Å². The molecule has 0 aliphatic carbocycles. The van der Waals surface area contributed by atoms with Gasteiger partial charge in [0.05, 0.1) is 0 Å². The van der Waals surface area contributed by atoms with E-state index in [1.807, 2.05) is 9.80 Å². The zero-order chi connectivity index (χ0) is 43.1. The smallest absolute Gasteiger partial charge is 0.219 e. The average molecular weight is 802 g/mol. The van der Waals surface area contributed by atoms with E-state index < -0.39 is 0 Å². The lowest BCUT2D eigenvalue weighted by Gasteiger charge is -2.43. The summed E-state index contributed by atoms with van der Waals surface area (Å²) in [6.45, 7) is 36.3. The summed E-state index contributed by atoms with van der Waals surface area (Å²) in [4.78, 5) is 33.2. The fourth-order valence-electron chi connectivity index (χ4n) is 8.97. The van der Waals surface area contributed by atoms with E-state index in [1.54, 1.807) is 13.8 Å². The van der Waals surface area contributed by atoms with Crippen molar-refractivity contribution in [2.45, 2.75) is 115 Å². The summed E-state index contributed by atoms with van der Waals surface area (Å²) in [6.07, 6.45) is 5.08. The summed E-state index contributed by atoms with van der Waals surface area (Å²) in [7, 11) is 4.39. The second-order valence-corrected chi connectivity index (χ2v) is 20.0. The van der Waals surface area contributed by atoms with Crippen molar-refractivity contribution >= 4 is 23.2 Å². The van der Waals surface area contributed by atoms with E-state index in [-0.39, 0.29) is 11.8 Å². The van der Waals surface area contributed by atoms with Gasteiger partial charge in [0.25, 0.3) is 0 Å². The standard InChI is InChI=1S/2C12H17N.C10H19NO.C9H17NO.C8H17N/c1-9(2)11-8-13(3)12-7-5-4-6-10(11)12;1-10(2)11-8-13(9-11)12-6-4-3-5-7-12;1-8(2)10-5-4-6-11(7-10)9(3)12;1-7(2)9-4-5-10(6-9)8(3)11;1-7(2)8-4-5-9(3)6-8/h4-7,9,11H,8H2,1-3H3;3-7,10-11H,8-9H2,1-2H3;8,10H,4-7H2,1-3H3;7,9H,4-6H2,1-3H3;7-8H,4-6H2,1-3H3. The second kappa shape index (κ2) is 24.3. The minimum Gasteiger partial charge on any atom is -0.374 e. The Bertz CT molecular complexity index is 1470. The van der Waals surface area contributed by atoms with Gasteiger partial charge in [0.2, 0.25) is 11.8 Å². The first-order valence-electron chi connectivity index (χ1n) is 23.2. The maximum absolute atomic E-state index is 11.1. The number of benzene rings is 2. The highest BCUT2D eigenvalue weighted by atomic mass is 16.2. The quantitative estimate of drug-likeness (QED) is 0.291. The van der Waals surface area contributed by atoms with Gasteiger partial charge in [0.1, 0.15) is 0 Å². The van der Waals surface area contributed by atoms with Crippen LogP contribution in [-0.4, -0.2) is 99.5 Å². The van der Waals surface area contributed by atoms with Crippen LogP contribution in [0.4, 0.5) is 11.4 Å². The fourth-order valence-corrected chi connectivity index (χ4v) is 8.97. The molecule has 0 aromatic heterocycles. The van der Waals surface area contributed by atoms with Gasteiger partial charge >= 0.3 is 0 Å². The van der Waals surface area contributed by atoms with Crippen molar-refractivity contribution in [3.63, 3.8) is 0 Å². The van der Waals surface area contributed by atoms with Crippen LogP contribution in [0.5, 0.6) is 0 Å². The van der Waals surface area contributed by atoms with Crippen LogP contribution in [0.2, 0.25) is 0 Å². The maximum Gasteiger partial charge on any atom is 0.219 e. The minimum absolute atomic E-state index is 0.230. The SMILES string of the molecule is CC(=O)N1CCC(C(C)C)C1.CC(=O)N1CCCC(C(C)C)C1.CC(C)C1CCN(C)C1.CC(C)C1CN(C)c2ccccc21.CC(C)C1CN(c2ccccc2)C1. The normalized spacial score (nSPS) is 23.1. The fraction of sp³-hybridized carbons (Fsp3) is 0.725. The third-order valence-corrected chi connectivity index (χ3v) is 13.8. The number of carbonyl (C=O) groups is 2. The first-order chi connectivity index (χ1) is 27.4. The highest BCUT2D eigenvalue weighted by molar-refractivity contribution is 5.73. The van der Waals surface area contributed by atoms with Gasteiger partial charge in [-0.15, -0.1) is 0 Å². The van der Waals surface area contributed by atoms with Crippen molar-refractivity contribution in [1.29, 1.82) is 0 Å². The van der Waals surface area contributed by atoms with Crippen molar-refractivity contribution < 1.29 is 9.59 Å². The molecule has 2 amide bonds. The topological polar surface area (TPSA) is 50.3 Å². The minimum atomic E-state index is 0.230. The molecular weight excluding hydrogens is 715 g/mol. The van der Waals surface area contributed by atoms with E-state index in [9.17, 15) is 9.59 Å². The molecule has 5 aliphatic rings. The Balaban J connectivity index is 0.000000195. The Hall–Kier alpha value is -3.06. The number of para-hydroxylation sites is 2. The number of likely N-dealkylation sites (N-methyl/N-ethyl adjacent to an activating group) is 1. The van der Waals surface area contributed by atoms with Gasteiger partial charge < -0.3 is 24.5 Å². The van der Waals surface area contributed by atoms with E-state index in [0.29, 0.717) is 5.92 Å². The van der Waals surface area contributed by atoms with E-state index in [0.717, 1.165) is 79.4 Å². The Morgan fingerprint density at radius 3 is 1.45 bits per heavy atom. The lowest BCUT2D eigenvalue weighted by atomic mass is 9.88. The molecule has 0 bridgehead atoms. The molecule has 5 heterocycles. The molecule has 7 heteroatoms. The monoisotopic (exact) mass is 802 g/mol. The van der Waals surface area contributed by atoms with Crippen molar-refractivity contribution in [3.05, 3.63) is 60.2 Å². The van der Waals surface area contributed by atoms with Crippen LogP contribution in [0.1, 0.15) is 120 Å². The van der Waals surface area contributed by atoms with Crippen LogP contribution in [-0.2, 0) is 9.59 Å². The van der Waals surface area contributed by atoms with Gasteiger partial charge in [-0.25, -0.2) is 0 Å². The molecule has 4 atom stereocenters. The number of hydrogen-bond donors (Lipinski definition) is 0. The third kappa shape index (κ3) is 15.5. The Labute approximate surface area is 357 Å². The summed E-state index contributed by atoms with van der Waals surface area (Å²) in [5.74, 6) is 8.42. The van der Waals surface area contributed by atoms with Crippen molar-refractivity contribution in [1.82, 2.24) is 14.7 Å². The van der Waals surface area contributed by atoms with Crippen LogP contribution >= 0.6 is 0 Å². The van der Waals surface area contributed by atoms with Gasteiger partial charge in [0.15, 0.2) is 0 Å². The molecule has 5 aliphatic heterocycles. The molecule has 0 spiro atoms. The number of anilines is 2. The molecule has 0 radical (unpaired) electrons. The van der Waals surface area contributed by atoms with Crippen LogP contribution in [0.15, 0.2) is 54.6 Å². The molecule has 0 N–H and O–H groups in total.